The molecule has 0 bridgehead atoms. The fourth-order valence-corrected chi connectivity index (χ4v) is 4.86. The van der Waals surface area contributed by atoms with Crippen molar-refractivity contribution in [3.05, 3.63) is 65.9 Å². The molecule has 7 nitrogen and oxygen atoms in total. The van der Waals surface area contributed by atoms with Crippen LogP contribution in [-0.4, -0.2) is 60.1 Å². The maximum atomic E-state index is 13.7. The van der Waals surface area contributed by atoms with E-state index in [0.29, 0.717) is 68.0 Å². The number of likely N-dealkylation sites (tertiary alicyclic amines) is 1. The van der Waals surface area contributed by atoms with Crippen molar-refractivity contribution in [3.63, 3.8) is 0 Å². The average molecular weight is 453 g/mol. The van der Waals surface area contributed by atoms with Crippen molar-refractivity contribution < 1.29 is 18.4 Å². The number of anilines is 1. The number of halogens is 2. The number of H-pyrrole nitrogens is 1. The maximum Gasteiger partial charge on any atom is 0.267 e. The molecule has 1 aromatic heterocycles. The molecule has 1 spiro atoms. The standard InChI is InChI=1S/C24H25F2N5O2/c25-17-2-1-3-19(14-17)31-15-28-23(33)24(31)6-9-30(10-7-24)11-8-27-22(32)21-13-16-12-18(26)4-5-20(16)29-21/h1-5,12-14,29H,6-11,15H2,(H,27,32)(H,28,33). The number of hydrogen-bond acceptors (Lipinski definition) is 4. The zero-order valence-corrected chi connectivity index (χ0v) is 18.0. The smallest absolute Gasteiger partial charge is 0.267 e. The van der Waals surface area contributed by atoms with Gasteiger partial charge in [-0.1, -0.05) is 6.07 Å². The SMILES string of the molecule is O=C(NCCN1CCC2(CC1)C(=O)NCN2c1cccc(F)c1)c1cc2cc(F)ccc2[nH]1. The summed E-state index contributed by atoms with van der Waals surface area (Å²) in [6.07, 6.45) is 1.24. The molecule has 2 aromatic carbocycles. The maximum absolute atomic E-state index is 13.7. The van der Waals surface area contributed by atoms with Gasteiger partial charge in [-0.2, -0.15) is 0 Å². The topological polar surface area (TPSA) is 80.5 Å². The minimum Gasteiger partial charge on any atom is -0.351 e. The summed E-state index contributed by atoms with van der Waals surface area (Å²) >= 11 is 0. The van der Waals surface area contributed by atoms with Gasteiger partial charge >= 0.3 is 0 Å². The first-order valence-electron chi connectivity index (χ1n) is 11.0. The lowest BCUT2D eigenvalue weighted by Gasteiger charge is -2.43. The third-order valence-electron chi connectivity index (χ3n) is 6.68. The normalized spacial score (nSPS) is 18.1. The molecule has 3 N–H and O–H groups in total. The largest absolute Gasteiger partial charge is 0.351 e. The fraction of sp³-hybridized carbons (Fsp3) is 0.333. The monoisotopic (exact) mass is 453 g/mol. The van der Waals surface area contributed by atoms with Crippen molar-refractivity contribution in [2.45, 2.75) is 18.4 Å². The molecule has 2 fully saturated rings. The molecule has 2 aliphatic rings. The number of piperidine rings is 1. The van der Waals surface area contributed by atoms with Crippen LogP contribution in [0, 0.1) is 11.6 Å². The molecule has 0 saturated carbocycles. The summed E-state index contributed by atoms with van der Waals surface area (Å²) in [4.78, 5) is 32.4. The summed E-state index contributed by atoms with van der Waals surface area (Å²) in [6, 6.07) is 12.3. The van der Waals surface area contributed by atoms with Crippen molar-refractivity contribution in [2.24, 2.45) is 0 Å². The Morgan fingerprint density at radius 2 is 1.85 bits per heavy atom. The molecule has 0 radical (unpaired) electrons. The van der Waals surface area contributed by atoms with Crippen LogP contribution >= 0.6 is 0 Å². The van der Waals surface area contributed by atoms with Gasteiger partial charge in [-0.15, -0.1) is 0 Å². The lowest BCUT2D eigenvalue weighted by Crippen LogP contribution is -2.57. The third-order valence-corrected chi connectivity index (χ3v) is 6.68. The molecule has 0 atom stereocenters. The van der Waals surface area contributed by atoms with Gasteiger partial charge in [-0.05, 0) is 55.3 Å². The van der Waals surface area contributed by atoms with Gasteiger partial charge in [0, 0.05) is 42.8 Å². The summed E-state index contributed by atoms with van der Waals surface area (Å²) in [5.41, 5.74) is 1.13. The van der Waals surface area contributed by atoms with E-state index in [0.717, 1.165) is 0 Å². The van der Waals surface area contributed by atoms with E-state index in [9.17, 15) is 18.4 Å². The number of aromatic amines is 1. The Labute approximate surface area is 189 Å². The molecule has 2 saturated heterocycles. The van der Waals surface area contributed by atoms with Gasteiger partial charge < -0.3 is 25.4 Å². The van der Waals surface area contributed by atoms with Crippen molar-refractivity contribution >= 4 is 28.4 Å². The van der Waals surface area contributed by atoms with Crippen LogP contribution in [0.1, 0.15) is 23.3 Å². The number of carbonyl (C=O) groups is 2. The quantitative estimate of drug-likeness (QED) is 0.555. The molecule has 2 aliphatic heterocycles. The molecule has 5 rings (SSSR count). The molecular weight excluding hydrogens is 428 g/mol. The van der Waals surface area contributed by atoms with E-state index in [1.54, 1.807) is 18.2 Å². The van der Waals surface area contributed by atoms with Crippen LogP contribution in [0.5, 0.6) is 0 Å². The molecule has 2 amide bonds. The number of hydrogen-bond donors (Lipinski definition) is 3. The molecule has 9 heteroatoms. The first kappa shape index (κ1) is 21.4. The van der Waals surface area contributed by atoms with Crippen LogP contribution in [0.2, 0.25) is 0 Å². The fourth-order valence-electron chi connectivity index (χ4n) is 4.86. The summed E-state index contributed by atoms with van der Waals surface area (Å²) < 4.78 is 27.1. The van der Waals surface area contributed by atoms with E-state index >= 15 is 0 Å². The molecular formula is C24H25F2N5O2. The van der Waals surface area contributed by atoms with Crippen LogP contribution in [0.3, 0.4) is 0 Å². The number of amides is 2. The molecule has 3 heterocycles. The highest BCUT2D eigenvalue weighted by Gasteiger charge is 2.50. The Kier molecular flexibility index (Phi) is 5.49. The van der Waals surface area contributed by atoms with E-state index in [-0.39, 0.29) is 23.4 Å². The van der Waals surface area contributed by atoms with E-state index in [1.807, 2.05) is 11.0 Å². The Morgan fingerprint density at radius 3 is 2.64 bits per heavy atom. The van der Waals surface area contributed by atoms with E-state index < -0.39 is 5.54 Å². The Bertz CT molecular complexity index is 1200. The predicted octanol–water partition coefficient (Wildman–Crippen LogP) is 2.60. The van der Waals surface area contributed by atoms with Crippen LogP contribution in [0.15, 0.2) is 48.5 Å². The number of rotatable bonds is 5. The second kappa shape index (κ2) is 8.47. The van der Waals surface area contributed by atoms with Crippen LogP contribution in [0.25, 0.3) is 10.9 Å². The highest BCUT2D eigenvalue weighted by molar-refractivity contribution is 5.98. The predicted molar refractivity (Wildman–Crippen MR) is 121 cm³/mol. The lowest BCUT2D eigenvalue weighted by molar-refractivity contribution is -0.125. The summed E-state index contributed by atoms with van der Waals surface area (Å²) in [6.45, 7) is 2.86. The number of nitrogens with zero attached hydrogens (tertiary/aromatic N) is 2. The number of benzene rings is 2. The van der Waals surface area contributed by atoms with Gasteiger partial charge in [0.05, 0.1) is 6.67 Å². The summed E-state index contributed by atoms with van der Waals surface area (Å²) in [7, 11) is 0. The Hall–Kier alpha value is -3.46. The van der Waals surface area contributed by atoms with Crippen molar-refractivity contribution in [1.82, 2.24) is 20.5 Å². The Morgan fingerprint density at radius 1 is 1.06 bits per heavy atom. The first-order valence-corrected chi connectivity index (χ1v) is 11.0. The number of fused-ring (bicyclic) bond motifs is 1. The molecule has 0 aliphatic carbocycles. The number of nitrogens with one attached hydrogen (secondary N) is 3. The van der Waals surface area contributed by atoms with Crippen molar-refractivity contribution in [1.29, 1.82) is 0 Å². The third kappa shape index (κ3) is 4.04. The van der Waals surface area contributed by atoms with Crippen molar-refractivity contribution in [3.8, 4) is 0 Å². The molecule has 33 heavy (non-hydrogen) atoms. The van der Waals surface area contributed by atoms with E-state index in [1.165, 1.54) is 24.3 Å². The highest BCUT2D eigenvalue weighted by atomic mass is 19.1. The van der Waals surface area contributed by atoms with Crippen LogP contribution in [-0.2, 0) is 4.79 Å². The zero-order valence-electron chi connectivity index (χ0n) is 18.0. The lowest BCUT2D eigenvalue weighted by atomic mass is 9.85. The van der Waals surface area contributed by atoms with Gasteiger partial charge in [0.1, 0.15) is 22.9 Å². The minimum atomic E-state index is -0.673. The number of carbonyl (C=O) groups excluding carboxylic acids is 2. The van der Waals surface area contributed by atoms with Gasteiger partial charge in [-0.3, -0.25) is 9.59 Å². The van der Waals surface area contributed by atoms with Crippen molar-refractivity contribution in [2.75, 3.05) is 37.7 Å². The zero-order chi connectivity index (χ0) is 23.0. The van der Waals surface area contributed by atoms with Gasteiger partial charge in [-0.25, -0.2) is 8.78 Å². The summed E-state index contributed by atoms with van der Waals surface area (Å²) in [5, 5.41) is 6.46. The second-order valence-electron chi connectivity index (χ2n) is 8.62. The molecule has 0 unspecified atom stereocenters. The average Bonchev–Trinajstić information content (AvgIpc) is 3.36. The van der Waals surface area contributed by atoms with E-state index in [4.69, 9.17) is 0 Å². The van der Waals surface area contributed by atoms with Gasteiger partial charge in [0.2, 0.25) is 5.91 Å². The summed E-state index contributed by atoms with van der Waals surface area (Å²) in [5.74, 6) is -0.930. The highest BCUT2D eigenvalue weighted by Crippen LogP contribution is 2.36. The van der Waals surface area contributed by atoms with Gasteiger partial charge in [0.25, 0.3) is 5.91 Å². The van der Waals surface area contributed by atoms with Crippen LogP contribution in [0.4, 0.5) is 14.5 Å². The van der Waals surface area contributed by atoms with Gasteiger partial charge in [0.15, 0.2) is 0 Å². The minimum absolute atomic E-state index is 0.0186. The van der Waals surface area contributed by atoms with Crippen LogP contribution < -0.4 is 15.5 Å². The molecule has 3 aromatic rings. The number of aromatic nitrogens is 1. The first-order chi connectivity index (χ1) is 15.9. The molecule has 172 valence electrons. The van der Waals surface area contributed by atoms with E-state index in [2.05, 4.69) is 20.5 Å². The Balaban J connectivity index is 1.16. The second-order valence-corrected chi connectivity index (χ2v) is 8.62.